The molecule has 1 aromatic carbocycles. The lowest BCUT2D eigenvalue weighted by atomic mass is 9.76. The smallest absolute Gasteiger partial charge is 0.234 e. The van der Waals surface area contributed by atoms with Crippen LogP contribution in [0.1, 0.15) is 38.5 Å². The molecule has 0 atom stereocenters. The van der Waals surface area contributed by atoms with Gasteiger partial charge in [0.15, 0.2) is 11.6 Å². The summed E-state index contributed by atoms with van der Waals surface area (Å²) in [7, 11) is 0. The Bertz CT molecular complexity index is 604. The summed E-state index contributed by atoms with van der Waals surface area (Å²) in [6.07, 6.45) is 4.04. The molecule has 0 radical (unpaired) electrons. The number of piperidine rings is 1. The number of benzene rings is 1. The lowest BCUT2D eigenvalue weighted by molar-refractivity contribution is -0.133. The van der Waals surface area contributed by atoms with Crippen LogP contribution in [0.5, 0.6) is 0 Å². The van der Waals surface area contributed by atoms with Crippen LogP contribution in [0.3, 0.4) is 0 Å². The molecule has 1 heterocycles. The minimum absolute atomic E-state index is 0.113. The highest BCUT2D eigenvalue weighted by Crippen LogP contribution is 2.48. The maximum Gasteiger partial charge on any atom is 0.234 e. The highest BCUT2D eigenvalue weighted by Gasteiger charge is 2.46. The number of rotatable bonds is 1. The van der Waals surface area contributed by atoms with Crippen molar-refractivity contribution in [1.82, 2.24) is 0 Å². The van der Waals surface area contributed by atoms with Gasteiger partial charge in [0, 0.05) is 12.8 Å². The lowest BCUT2D eigenvalue weighted by Gasteiger charge is -2.37. The Kier molecular flexibility index (Phi) is 3.19. The summed E-state index contributed by atoms with van der Waals surface area (Å²) < 4.78 is 27.3. The molecule has 4 nitrogen and oxygen atoms in total. The van der Waals surface area contributed by atoms with Crippen molar-refractivity contribution >= 4 is 23.2 Å². The molecule has 2 N–H and O–H groups in total. The zero-order valence-corrected chi connectivity index (χ0v) is 11.5. The number of nitrogen functional groups attached to an aromatic ring is 1. The Balaban J connectivity index is 1.99. The second kappa shape index (κ2) is 4.79. The third-order valence-electron chi connectivity index (χ3n) is 4.54. The molecule has 1 spiro atoms. The van der Waals surface area contributed by atoms with E-state index in [-0.39, 0.29) is 23.9 Å². The van der Waals surface area contributed by atoms with Crippen LogP contribution in [0.2, 0.25) is 0 Å². The SMILES string of the molecule is Nc1ccc(F)c(F)c1N1C(=O)CC2(CCCC2)CC1=O. The van der Waals surface area contributed by atoms with Gasteiger partial charge in [-0.05, 0) is 30.4 Å². The van der Waals surface area contributed by atoms with E-state index in [0.717, 1.165) is 42.7 Å². The number of amides is 2. The Morgan fingerprint density at radius 2 is 1.62 bits per heavy atom. The largest absolute Gasteiger partial charge is 0.397 e. The number of halogens is 2. The van der Waals surface area contributed by atoms with Crippen LogP contribution >= 0.6 is 0 Å². The summed E-state index contributed by atoms with van der Waals surface area (Å²) in [6, 6.07) is 2.04. The van der Waals surface area contributed by atoms with Gasteiger partial charge in [-0.25, -0.2) is 13.7 Å². The number of anilines is 2. The van der Waals surface area contributed by atoms with Gasteiger partial charge >= 0.3 is 0 Å². The van der Waals surface area contributed by atoms with Crippen LogP contribution in [-0.4, -0.2) is 11.8 Å². The monoisotopic (exact) mass is 294 g/mol. The number of carbonyl (C=O) groups is 2. The molecule has 0 aromatic heterocycles. The summed E-state index contributed by atoms with van der Waals surface area (Å²) in [5, 5.41) is 0. The van der Waals surface area contributed by atoms with Crippen molar-refractivity contribution in [2.75, 3.05) is 10.6 Å². The van der Waals surface area contributed by atoms with Crippen LogP contribution in [0.15, 0.2) is 12.1 Å². The van der Waals surface area contributed by atoms with E-state index < -0.39 is 29.1 Å². The second-order valence-electron chi connectivity index (χ2n) is 5.98. The molecule has 1 aromatic rings. The average Bonchev–Trinajstić information content (AvgIpc) is 2.85. The first-order valence-corrected chi connectivity index (χ1v) is 7.03. The van der Waals surface area contributed by atoms with Gasteiger partial charge in [-0.2, -0.15) is 0 Å². The molecule has 0 unspecified atom stereocenters. The second-order valence-corrected chi connectivity index (χ2v) is 5.98. The molecular weight excluding hydrogens is 278 g/mol. The van der Waals surface area contributed by atoms with Gasteiger partial charge in [-0.3, -0.25) is 9.59 Å². The Labute approximate surface area is 120 Å². The molecule has 21 heavy (non-hydrogen) atoms. The van der Waals surface area contributed by atoms with E-state index in [0.29, 0.717) is 0 Å². The van der Waals surface area contributed by atoms with Crippen LogP contribution in [0, 0.1) is 17.0 Å². The van der Waals surface area contributed by atoms with Crippen LogP contribution in [-0.2, 0) is 9.59 Å². The van der Waals surface area contributed by atoms with Crippen molar-refractivity contribution in [1.29, 1.82) is 0 Å². The van der Waals surface area contributed by atoms with E-state index in [4.69, 9.17) is 5.73 Å². The molecule has 2 aliphatic rings. The quantitative estimate of drug-likeness (QED) is 0.640. The molecule has 3 rings (SSSR count). The number of nitrogens with zero attached hydrogens (tertiary/aromatic N) is 1. The molecule has 6 heteroatoms. The predicted molar refractivity (Wildman–Crippen MR) is 73.4 cm³/mol. The molecule has 1 saturated heterocycles. The minimum Gasteiger partial charge on any atom is -0.397 e. The van der Waals surface area contributed by atoms with Crippen molar-refractivity contribution in [2.45, 2.75) is 38.5 Å². The number of imide groups is 1. The fourth-order valence-electron chi connectivity index (χ4n) is 3.51. The highest BCUT2D eigenvalue weighted by atomic mass is 19.2. The van der Waals surface area contributed by atoms with E-state index in [9.17, 15) is 18.4 Å². The summed E-state index contributed by atoms with van der Waals surface area (Å²) in [5.41, 5.74) is 4.79. The van der Waals surface area contributed by atoms with Gasteiger partial charge in [0.2, 0.25) is 11.8 Å². The number of hydrogen-bond acceptors (Lipinski definition) is 3. The van der Waals surface area contributed by atoms with Crippen molar-refractivity contribution in [2.24, 2.45) is 5.41 Å². The van der Waals surface area contributed by atoms with E-state index >= 15 is 0 Å². The number of carbonyl (C=O) groups excluding carboxylic acids is 2. The zero-order valence-electron chi connectivity index (χ0n) is 11.5. The Hall–Kier alpha value is -1.98. The van der Waals surface area contributed by atoms with Gasteiger partial charge < -0.3 is 5.73 Å². The van der Waals surface area contributed by atoms with Crippen molar-refractivity contribution in [3.05, 3.63) is 23.8 Å². The fraction of sp³-hybridized carbons (Fsp3) is 0.467. The van der Waals surface area contributed by atoms with Crippen LogP contribution in [0.25, 0.3) is 0 Å². The van der Waals surface area contributed by atoms with Crippen molar-refractivity contribution in [3.63, 3.8) is 0 Å². The molecule has 1 aliphatic heterocycles. The fourth-order valence-corrected chi connectivity index (χ4v) is 3.51. The van der Waals surface area contributed by atoms with Crippen LogP contribution in [0.4, 0.5) is 20.2 Å². The maximum atomic E-state index is 14.0. The van der Waals surface area contributed by atoms with E-state index in [1.165, 1.54) is 0 Å². The number of hydrogen-bond donors (Lipinski definition) is 1. The Morgan fingerprint density at radius 3 is 2.19 bits per heavy atom. The topological polar surface area (TPSA) is 63.4 Å². The lowest BCUT2D eigenvalue weighted by Crippen LogP contribution is -2.48. The highest BCUT2D eigenvalue weighted by molar-refractivity contribution is 6.18. The molecule has 2 fully saturated rings. The van der Waals surface area contributed by atoms with Gasteiger partial charge in [0.1, 0.15) is 5.69 Å². The zero-order chi connectivity index (χ0) is 15.2. The minimum atomic E-state index is -1.25. The van der Waals surface area contributed by atoms with Gasteiger partial charge in [-0.1, -0.05) is 12.8 Å². The molecule has 1 aliphatic carbocycles. The van der Waals surface area contributed by atoms with Crippen molar-refractivity contribution < 1.29 is 18.4 Å². The molecule has 1 saturated carbocycles. The van der Waals surface area contributed by atoms with Crippen LogP contribution < -0.4 is 10.6 Å². The van der Waals surface area contributed by atoms with Gasteiger partial charge in [0.25, 0.3) is 0 Å². The Morgan fingerprint density at radius 1 is 1.05 bits per heavy atom. The first-order valence-electron chi connectivity index (χ1n) is 7.03. The molecular formula is C15H16F2N2O2. The predicted octanol–water partition coefficient (Wildman–Crippen LogP) is 2.76. The van der Waals surface area contributed by atoms with E-state index in [2.05, 4.69) is 0 Å². The average molecular weight is 294 g/mol. The van der Waals surface area contributed by atoms with E-state index in [1.54, 1.807) is 0 Å². The summed E-state index contributed by atoms with van der Waals surface area (Å²) in [5.74, 6) is -3.37. The summed E-state index contributed by atoms with van der Waals surface area (Å²) in [6.45, 7) is 0. The van der Waals surface area contributed by atoms with Gasteiger partial charge in [-0.15, -0.1) is 0 Å². The molecule has 0 bridgehead atoms. The molecule has 2 amide bonds. The first-order chi connectivity index (χ1) is 9.93. The normalized spacial score (nSPS) is 21.3. The summed E-state index contributed by atoms with van der Waals surface area (Å²) in [4.78, 5) is 25.4. The summed E-state index contributed by atoms with van der Waals surface area (Å²) >= 11 is 0. The standard InChI is InChI=1S/C15H16F2N2O2/c16-9-3-4-10(18)14(13(9)17)19-11(20)7-15(8-12(19)21)5-1-2-6-15/h3-4H,1-2,5-8,18H2. The van der Waals surface area contributed by atoms with E-state index in [1.807, 2.05) is 0 Å². The third kappa shape index (κ3) is 2.18. The first kappa shape index (κ1) is 14.0. The maximum absolute atomic E-state index is 14.0. The van der Waals surface area contributed by atoms with Gasteiger partial charge in [0.05, 0.1) is 5.69 Å². The van der Waals surface area contributed by atoms with Crippen molar-refractivity contribution in [3.8, 4) is 0 Å². The number of nitrogens with two attached hydrogens (primary N) is 1. The third-order valence-corrected chi connectivity index (χ3v) is 4.54. The molecule has 112 valence electrons.